The zero-order valence-corrected chi connectivity index (χ0v) is 14.7. The Hall–Kier alpha value is -3.85. The number of aliphatic imine (C=N–C) groups is 1. The predicted octanol–water partition coefficient (Wildman–Crippen LogP) is 3.77. The first-order valence-electron chi connectivity index (χ1n) is 8.05. The maximum atomic E-state index is 14.7. The van der Waals surface area contributed by atoms with E-state index in [9.17, 15) is 9.65 Å². The molecule has 0 aliphatic heterocycles. The quantitative estimate of drug-likeness (QED) is 0.547. The van der Waals surface area contributed by atoms with Gasteiger partial charge in [0.1, 0.15) is 11.6 Å². The number of hydrogen-bond acceptors (Lipinski definition) is 3. The van der Waals surface area contributed by atoms with Crippen molar-refractivity contribution in [2.75, 3.05) is 7.11 Å². The highest BCUT2D eigenvalue weighted by molar-refractivity contribution is 6.02. The number of ether oxygens (including phenoxy) is 1. The van der Waals surface area contributed by atoms with Crippen LogP contribution in [0, 0.1) is 17.1 Å². The van der Waals surface area contributed by atoms with Gasteiger partial charge in [0.15, 0.2) is 5.96 Å². The number of nitrogens with two attached hydrogens (primary N) is 2. The Kier molecular flexibility index (Phi) is 4.77. The molecule has 3 aromatic carbocycles. The van der Waals surface area contributed by atoms with Crippen LogP contribution in [0.25, 0.3) is 27.6 Å². The first kappa shape index (κ1) is 18.0. The Morgan fingerprint density at radius 2 is 1.89 bits per heavy atom. The van der Waals surface area contributed by atoms with Gasteiger partial charge < -0.3 is 16.2 Å². The van der Waals surface area contributed by atoms with Crippen LogP contribution in [0.4, 0.5) is 4.39 Å². The number of methoxy groups -OCH3 is 1. The van der Waals surface area contributed by atoms with Gasteiger partial charge in [0, 0.05) is 11.1 Å². The number of rotatable bonds is 4. The van der Waals surface area contributed by atoms with Crippen LogP contribution in [-0.4, -0.2) is 13.1 Å². The summed E-state index contributed by atoms with van der Waals surface area (Å²) in [7, 11) is 1.46. The van der Waals surface area contributed by atoms with Gasteiger partial charge in [0.25, 0.3) is 0 Å². The van der Waals surface area contributed by atoms with Crippen molar-refractivity contribution in [3.8, 4) is 22.9 Å². The van der Waals surface area contributed by atoms with Crippen molar-refractivity contribution in [1.82, 2.24) is 0 Å². The molecule has 4 N–H and O–H groups in total. The average molecular weight is 360 g/mol. The summed E-state index contributed by atoms with van der Waals surface area (Å²) < 4.78 is 20.1. The smallest absolute Gasteiger partial charge is 0.191 e. The van der Waals surface area contributed by atoms with E-state index < -0.39 is 5.82 Å². The van der Waals surface area contributed by atoms with Crippen LogP contribution in [0.3, 0.4) is 0 Å². The van der Waals surface area contributed by atoms with Crippen LogP contribution in [0.1, 0.15) is 11.1 Å². The Labute approximate surface area is 156 Å². The van der Waals surface area contributed by atoms with E-state index >= 15 is 0 Å². The Morgan fingerprint density at radius 1 is 1.15 bits per heavy atom. The third-order valence-electron chi connectivity index (χ3n) is 4.18. The number of nitrogens with zero attached hydrogens (tertiary/aromatic N) is 2. The zero-order chi connectivity index (χ0) is 19.6. The van der Waals surface area contributed by atoms with Crippen LogP contribution in [0.15, 0.2) is 60.1 Å². The first-order chi connectivity index (χ1) is 13.0. The minimum absolute atomic E-state index is 0.109. The molecule has 27 heavy (non-hydrogen) atoms. The second kappa shape index (κ2) is 7.18. The number of guanidine groups is 1. The lowest BCUT2D eigenvalue weighted by molar-refractivity contribution is 0.413. The summed E-state index contributed by atoms with van der Waals surface area (Å²) in [5, 5.41) is 11.1. The van der Waals surface area contributed by atoms with E-state index in [1.165, 1.54) is 13.2 Å². The third kappa shape index (κ3) is 3.31. The SMILES string of the molecule is C=C(N=C(N)N)c1ccc2ccc(C#N)c(-c3c(F)cccc3OC)c2c1. The second-order valence-corrected chi connectivity index (χ2v) is 5.84. The maximum Gasteiger partial charge on any atom is 0.191 e. The van der Waals surface area contributed by atoms with Gasteiger partial charge in [-0.2, -0.15) is 5.26 Å². The van der Waals surface area contributed by atoms with E-state index in [0.29, 0.717) is 33.5 Å². The Morgan fingerprint density at radius 3 is 2.56 bits per heavy atom. The minimum Gasteiger partial charge on any atom is -0.496 e. The number of hydrogen-bond donors (Lipinski definition) is 2. The molecule has 0 bridgehead atoms. The molecule has 0 aromatic heterocycles. The van der Waals surface area contributed by atoms with E-state index in [1.807, 2.05) is 12.1 Å². The molecule has 0 saturated heterocycles. The fraction of sp³-hybridized carbons (Fsp3) is 0.0476. The highest BCUT2D eigenvalue weighted by Crippen LogP contribution is 2.40. The molecular formula is C21H17FN4O. The van der Waals surface area contributed by atoms with Gasteiger partial charge in [0.05, 0.1) is 30.0 Å². The van der Waals surface area contributed by atoms with Crippen molar-refractivity contribution >= 4 is 22.4 Å². The summed E-state index contributed by atoms with van der Waals surface area (Å²) >= 11 is 0. The molecule has 0 atom stereocenters. The molecule has 0 spiro atoms. The Balaban J connectivity index is 2.39. The topological polar surface area (TPSA) is 97.4 Å². The van der Waals surface area contributed by atoms with E-state index in [4.69, 9.17) is 16.2 Å². The predicted molar refractivity (Wildman–Crippen MR) is 105 cm³/mol. The lowest BCUT2D eigenvalue weighted by Gasteiger charge is -2.15. The molecule has 0 aliphatic rings. The monoisotopic (exact) mass is 360 g/mol. The van der Waals surface area contributed by atoms with Crippen LogP contribution in [0.5, 0.6) is 5.75 Å². The second-order valence-electron chi connectivity index (χ2n) is 5.84. The van der Waals surface area contributed by atoms with Gasteiger partial charge in [-0.3, -0.25) is 0 Å². The minimum atomic E-state index is -0.480. The molecule has 6 heteroatoms. The van der Waals surface area contributed by atoms with Crippen LogP contribution < -0.4 is 16.2 Å². The summed E-state index contributed by atoms with van der Waals surface area (Å²) in [5.41, 5.74) is 12.9. The number of fused-ring (bicyclic) bond motifs is 1. The molecular weight excluding hydrogens is 343 g/mol. The summed E-state index contributed by atoms with van der Waals surface area (Å²) in [5.74, 6) is -0.249. The van der Waals surface area contributed by atoms with Gasteiger partial charge >= 0.3 is 0 Å². The molecule has 0 heterocycles. The number of benzene rings is 3. The largest absolute Gasteiger partial charge is 0.496 e. The van der Waals surface area contributed by atoms with Gasteiger partial charge in [0.2, 0.25) is 0 Å². The summed E-state index contributed by atoms with van der Waals surface area (Å²) in [6.45, 7) is 3.86. The van der Waals surface area contributed by atoms with E-state index in [2.05, 4.69) is 17.6 Å². The zero-order valence-electron chi connectivity index (χ0n) is 14.7. The van der Waals surface area contributed by atoms with Crippen molar-refractivity contribution in [2.24, 2.45) is 16.5 Å². The van der Waals surface area contributed by atoms with Crippen molar-refractivity contribution in [2.45, 2.75) is 0 Å². The van der Waals surface area contributed by atoms with E-state index in [1.54, 1.807) is 30.3 Å². The van der Waals surface area contributed by atoms with Crippen LogP contribution in [0.2, 0.25) is 0 Å². The third-order valence-corrected chi connectivity index (χ3v) is 4.18. The van der Waals surface area contributed by atoms with Crippen LogP contribution in [-0.2, 0) is 0 Å². The van der Waals surface area contributed by atoms with E-state index in [0.717, 1.165) is 5.39 Å². The molecule has 0 saturated carbocycles. The molecule has 0 fully saturated rings. The fourth-order valence-electron chi connectivity index (χ4n) is 3.00. The standard InChI is InChI=1S/C21H17FN4O/c1-12(26-21(24)25)14-8-6-13-7-9-15(11-23)19(16(13)10-14)20-17(22)4-3-5-18(20)27-2/h3-10H,1H2,2H3,(H4,24,25,26). The summed E-state index contributed by atoms with van der Waals surface area (Å²) in [4.78, 5) is 3.96. The normalized spacial score (nSPS) is 10.3. The number of nitriles is 1. The van der Waals surface area contributed by atoms with Gasteiger partial charge in [-0.15, -0.1) is 0 Å². The van der Waals surface area contributed by atoms with Gasteiger partial charge in [-0.1, -0.05) is 30.8 Å². The van der Waals surface area contributed by atoms with Crippen molar-refractivity contribution in [1.29, 1.82) is 5.26 Å². The Bertz CT molecular complexity index is 1120. The molecule has 0 unspecified atom stereocenters. The summed E-state index contributed by atoms with van der Waals surface area (Å²) in [6, 6.07) is 15.6. The van der Waals surface area contributed by atoms with Crippen molar-refractivity contribution in [3.05, 3.63) is 72.1 Å². The fourth-order valence-corrected chi connectivity index (χ4v) is 3.00. The molecule has 0 radical (unpaired) electrons. The first-order valence-corrected chi connectivity index (χ1v) is 8.05. The van der Waals surface area contributed by atoms with Crippen molar-refractivity contribution in [3.63, 3.8) is 0 Å². The summed E-state index contributed by atoms with van der Waals surface area (Å²) in [6.07, 6.45) is 0. The van der Waals surface area contributed by atoms with Crippen molar-refractivity contribution < 1.29 is 9.13 Å². The molecule has 134 valence electrons. The highest BCUT2D eigenvalue weighted by Gasteiger charge is 2.19. The molecule has 3 rings (SSSR count). The lowest BCUT2D eigenvalue weighted by atomic mass is 9.91. The van der Waals surface area contributed by atoms with E-state index in [-0.39, 0.29) is 11.5 Å². The molecule has 0 aliphatic carbocycles. The van der Waals surface area contributed by atoms with Gasteiger partial charge in [-0.25, -0.2) is 9.38 Å². The highest BCUT2D eigenvalue weighted by atomic mass is 19.1. The molecule has 5 nitrogen and oxygen atoms in total. The average Bonchev–Trinajstić information content (AvgIpc) is 2.66. The lowest BCUT2D eigenvalue weighted by Crippen LogP contribution is -2.22. The van der Waals surface area contributed by atoms with Crippen LogP contribution >= 0.6 is 0 Å². The molecule has 3 aromatic rings. The van der Waals surface area contributed by atoms with Gasteiger partial charge in [-0.05, 0) is 35.0 Å². The maximum absolute atomic E-state index is 14.7. The molecule has 0 amide bonds. The number of halogens is 1.